The van der Waals surface area contributed by atoms with Crippen LogP contribution in [0.25, 0.3) is 11.0 Å². The summed E-state index contributed by atoms with van der Waals surface area (Å²) in [6.07, 6.45) is 0. The molecule has 2 rings (SSSR count). The lowest BCUT2D eigenvalue weighted by molar-refractivity contribution is 0.0896. The Morgan fingerprint density at radius 3 is 3.00 bits per heavy atom. The van der Waals surface area contributed by atoms with Crippen molar-refractivity contribution in [2.45, 2.75) is 13.0 Å². The van der Waals surface area contributed by atoms with Crippen LogP contribution in [0, 0.1) is 0 Å². The van der Waals surface area contributed by atoms with Crippen molar-refractivity contribution in [3.63, 3.8) is 0 Å². The minimum Gasteiger partial charge on any atom is -0.450 e. The first-order chi connectivity index (χ1) is 8.11. The van der Waals surface area contributed by atoms with Crippen molar-refractivity contribution in [1.82, 2.24) is 5.32 Å². The minimum absolute atomic E-state index is 0.102. The molecule has 4 nitrogen and oxygen atoms in total. The fourth-order valence-corrected chi connectivity index (χ4v) is 1.94. The summed E-state index contributed by atoms with van der Waals surface area (Å²) in [4.78, 5) is 11.8. The van der Waals surface area contributed by atoms with Crippen molar-refractivity contribution in [1.29, 1.82) is 0 Å². The third-order valence-corrected chi connectivity index (χ3v) is 3.00. The van der Waals surface area contributed by atoms with Gasteiger partial charge in [0.15, 0.2) is 5.76 Å². The Balaban J connectivity index is 2.30. The van der Waals surface area contributed by atoms with Crippen LogP contribution in [0.1, 0.15) is 17.5 Å². The lowest BCUT2D eigenvalue weighted by atomic mass is 10.2. The summed E-state index contributed by atoms with van der Waals surface area (Å²) in [7, 11) is 0. The number of aliphatic hydroxyl groups is 1. The van der Waals surface area contributed by atoms with Gasteiger partial charge in [0, 0.05) is 11.4 Å². The number of nitrogens with one attached hydrogen (secondary N) is 1. The van der Waals surface area contributed by atoms with E-state index in [0.29, 0.717) is 5.58 Å². The van der Waals surface area contributed by atoms with Gasteiger partial charge in [-0.2, -0.15) is 0 Å². The number of carbonyl (C=O) groups is 1. The number of para-hydroxylation sites is 1. The molecular weight excluding hydrogens is 286 g/mol. The predicted octanol–water partition coefficient (Wildman–Crippen LogP) is 2.31. The Labute approximate surface area is 107 Å². The van der Waals surface area contributed by atoms with Crippen LogP contribution in [0.4, 0.5) is 0 Å². The van der Waals surface area contributed by atoms with Crippen LogP contribution in [0.3, 0.4) is 0 Å². The van der Waals surface area contributed by atoms with Gasteiger partial charge in [0.2, 0.25) is 0 Å². The molecule has 2 aromatic rings. The first-order valence-electron chi connectivity index (χ1n) is 5.21. The van der Waals surface area contributed by atoms with Gasteiger partial charge < -0.3 is 14.8 Å². The molecule has 1 aromatic heterocycles. The van der Waals surface area contributed by atoms with Crippen molar-refractivity contribution in [3.05, 3.63) is 34.5 Å². The third kappa shape index (κ3) is 2.50. The average Bonchev–Trinajstić information content (AvgIpc) is 2.74. The molecule has 0 saturated carbocycles. The number of rotatable bonds is 3. The Hall–Kier alpha value is -1.33. The molecule has 1 aromatic carbocycles. The van der Waals surface area contributed by atoms with E-state index >= 15 is 0 Å². The molecule has 0 aliphatic carbocycles. The summed E-state index contributed by atoms with van der Waals surface area (Å²) < 4.78 is 6.27. The van der Waals surface area contributed by atoms with Crippen molar-refractivity contribution in [3.8, 4) is 0 Å². The van der Waals surface area contributed by atoms with E-state index in [-0.39, 0.29) is 24.3 Å². The highest BCUT2D eigenvalue weighted by atomic mass is 79.9. The number of hydrogen-bond acceptors (Lipinski definition) is 3. The van der Waals surface area contributed by atoms with Gasteiger partial charge in [-0.15, -0.1) is 0 Å². The molecule has 0 aliphatic rings. The van der Waals surface area contributed by atoms with E-state index in [1.165, 1.54) is 0 Å². The van der Waals surface area contributed by atoms with E-state index in [1.807, 2.05) is 18.2 Å². The normalized spacial score (nSPS) is 12.6. The number of hydrogen-bond donors (Lipinski definition) is 2. The second-order valence-corrected chi connectivity index (χ2v) is 4.68. The van der Waals surface area contributed by atoms with Crippen molar-refractivity contribution < 1.29 is 14.3 Å². The van der Waals surface area contributed by atoms with E-state index in [0.717, 1.165) is 9.86 Å². The molecule has 0 fully saturated rings. The van der Waals surface area contributed by atoms with E-state index in [2.05, 4.69) is 21.2 Å². The third-order valence-electron chi connectivity index (χ3n) is 2.37. The fraction of sp³-hybridized carbons (Fsp3) is 0.250. The molecule has 0 bridgehead atoms. The molecular formula is C12H12BrNO3. The quantitative estimate of drug-likeness (QED) is 0.914. The van der Waals surface area contributed by atoms with E-state index in [1.54, 1.807) is 13.0 Å². The van der Waals surface area contributed by atoms with Gasteiger partial charge in [0.25, 0.3) is 5.91 Å². The van der Waals surface area contributed by atoms with Crippen LogP contribution < -0.4 is 5.32 Å². The van der Waals surface area contributed by atoms with Gasteiger partial charge in [0.05, 0.1) is 11.1 Å². The van der Waals surface area contributed by atoms with Crippen LogP contribution in [0.5, 0.6) is 0 Å². The van der Waals surface area contributed by atoms with Crippen LogP contribution in [-0.4, -0.2) is 23.7 Å². The van der Waals surface area contributed by atoms with E-state index in [4.69, 9.17) is 9.52 Å². The predicted molar refractivity (Wildman–Crippen MR) is 67.9 cm³/mol. The number of fused-ring (bicyclic) bond motifs is 1. The smallest absolute Gasteiger partial charge is 0.287 e. The summed E-state index contributed by atoms with van der Waals surface area (Å²) in [5.41, 5.74) is 0.648. The molecule has 5 heteroatoms. The summed E-state index contributed by atoms with van der Waals surface area (Å²) >= 11 is 3.36. The first-order valence-corrected chi connectivity index (χ1v) is 6.01. The number of carbonyl (C=O) groups excluding carboxylic acids is 1. The van der Waals surface area contributed by atoms with Gasteiger partial charge in [-0.25, -0.2) is 0 Å². The first kappa shape index (κ1) is 12.1. The minimum atomic E-state index is -0.324. The second-order valence-electron chi connectivity index (χ2n) is 3.83. The van der Waals surface area contributed by atoms with Crippen molar-refractivity contribution in [2.24, 2.45) is 0 Å². The summed E-state index contributed by atoms with van der Waals surface area (Å²) in [5, 5.41) is 12.4. The number of amides is 1. The summed E-state index contributed by atoms with van der Waals surface area (Å²) in [6.45, 7) is 1.62. The van der Waals surface area contributed by atoms with Crippen molar-refractivity contribution in [2.75, 3.05) is 6.61 Å². The monoisotopic (exact) mass is 297 g/mol. The zero-order valence-electron chi connectivity index (χ0n) is 9.24. The Bertz CT molecular complexity index is 550. The molecule has 0 aliphatic heterocycles. The van der Waals surface area contributed by atoms with Crippen LogP contribution in [0.15, 0.2) is 33.2 Å². The van der Waals surface area contributed by atoms with Gasteiger partial charge in [0.1, 0.15) is 5.58 Å². The highest BCUT2D eigenvalue weighted by Crippen LogP contribution is 2.26. The molecule has 1 atom stereocenters. The van der Waals surface area contributed by atoms with Gasteiger partial charge in [-0.05, 0) is 35.0 Å². The topological polar surface area (TPSA) is 62.5 Å². The molecule has 1 amide bonds. The number of benzene rings is 1. The zero-order chi connectivity index (χ0) is 12.4. The van der Waals surface area contributed by atoms with Crippen molar-refractivity contribution >= 4 is 32.8 Å². The molecule has 1 heterocycles. The second kappa shape index (κ2) is 4.89. The zero-order valence-corrected chi connectivity index (χ0v) is 10.8. The maximum Gasteiger partial charge on any atom is 0.287 e. The number of aliphatic hydroxyl groups excluding tert-OH is 1. The van der Waals surface area contributed by atoms with Gasteiger partial charge in [-0.3, -0.25) is 4.79 Å². The molecule has 0 radical (unpaired) electrons. The number of furan rings is 1. The molecule has 90 valence electrons. The maximum atomic E-state index is 11.8. The Kier molecular flexibility index (Phi) is 3.49. The van der Waals surface area contributed by atoms with Crippen LogP contribution >= 0.6 is 15.9 Å². The largest absolute Gasteiger partial charge is 0.450 e. The van der Waals surface area contributed by atoms with Crippen LogP contribution in [-0.2, 0) is 0 Å². The highest BCUT2D eigenvalue weighted by molar-refractivity contribution is 9.10. The SMILES string of the molecule is C[C@H](CO)NC(=O)c1cc2cccc(Br)c2o1. The highest BCUT2D eigenvalue weighted by Gasteiger charge is 2.15. The molecule has 0 unspecified atom stereocenters. The molecule has 2 N–H and O–H groups in total. The van der Waals surface area contributed by atoms with E-state index in [9.17, 15) is 4.79 Å². The Morgan fingerprint density at radius 2 is 2.35 bits per heavy atom. The van der Waals surface area contributed by atoms with E-state index < -0.39 is 0 Å². The molecule has 0 spiro atoms. The Morgan fingerprint density at radius 1 is 1.59 bits per heavy atom. The molecule has 0 saturated heterocycles. The number of halogens is 1. The molecule has 17 heavy (non-hydrogen) atoms. The summed E-state index contributed by atoms with van der Waals surface area (Å²) in [5.74, 6) is -0.0816. The fourth-order valence-electron chi connectivity index (χ4n) is 1.48. The standard InChI is InChI=1S/C12H12BrNO3/c1-7(6-15)14-12(16)10-5-8-3-2-4-9(13)11(8)17-10/h2-5,7,15H,6H2,1H3,(H,14,16)/t7-/m1/s1. The van der Waals surface area contributed by atoms with Crippen LogP contribution in [0.2, 0.25) is 0 Å². The lowest BCUT2D eigenvalue weighted by Gasteiger charge is -2.08. The average molecular weight is 298 g/mol. The lowest BCUT2D eigenvalue weighted by Crippen LogP contribution is -2.34. The maximum absolute atomic E-state index is 11.8. The van der Waals surface area contributed by atoms with Gasteiger partial charge in [-0.1, -0.05) is 12.1 Å². The van der Waals surface area contributed by atoms with Gasteiger partial charge >= 0.3 is 0 Å². The summed E-state index contributed by atoms with van der Waals surface area (Å²) in [6, 6.07) is 6.98.